The Balaban J connectivity index is 2.26. The van der Waals surface area contributed by atoms with Gasteiger partial charge in [0.25, 0.3) is 0 Å². The van der Waals surface area contributed by atoms with E-state index in [2.05, 4.69) is 69.7 Å². The molecule has 0 aliphatic heterocycles. The van der Waals surface area contributed by atoms with Gasteiger partial charge in [0.1, 0.15) is 5.01 Å². The SMILES string of the molecule is CCNC(C)(Cc1ccc(Br)cc1)c1nc(C)cs1. The van der Waals surface area contributed by atoms with E-state index in [-0.39, 0.29) is 5.54 Å². The van der Waals surface area contributed by atoms with Gasteiger partial charge in [0.2, 0.25) is 0 Å². The van der Waals surface area contributed by atoms with Crippen LogP contribution < -0.4 is 5.32 Å². The second kappa shape index (κ2) is 6.16. The first-order chi connectivity index (χ1) is 9.03. The maximum Gasteiger partial charge on any atom is 0.113 e. The number of aryl methyl sites for hydroxylation is 1. The molecule has 0 spiro atoms. The van der Waals surface area contributed by atoms with Gasteiger partial charge >= 0.3 is 0 Å². The first-order valence-electron chi connectivity index (χ1n) is 6.45. The lowest BCUT2D eigenvalue weighted by atomic mass is 9.93. The van der Waals surface area contributed by atoms with Gasteiger partial charge in [-0.2, -0.15) is 0 Å². The Morgan fingerprint density at radius 1 is 1.32 bits per heavy atom. The molecule has 1 N–H and O–H groups in total. The quantitative estimate of drug-likeness (QED) is 0.879. The van der Waals surface area contributed by atoms with E-state index in [1.165, 1.54) is 5.56 Å². The molecular weight excluding hydrogens is 320 g/mol. The Bertz CT molecular complexity index is 535. The number of aromatic nitrogens is 1. The van der Waals surface area contributed by atoms with Gasteiger partial charge in [-0.15, -0.1) is 11.3 Å². The van der Waals surface area contributed by atoms with Crippen molar-refractivity contribution < 1.29 is 0 Å². The highest BCUT2D eigenvalue weighted by atomic mass is 79.9. The molecule has 0 bridgehead atoms. The van der Waals surface area contributed by atoms with E-state index in [1.54, 1.807) is 11.3 Å². The van der Waals surface area contributed by atoms with E-state index in [4.69, 9.17) is 0 Å². The van der Waals surface area contributed by atoms with E-state index >= 15 is 0 Å². The largest absolute Gasteiger partial charge is 0.306 e. The third kappa shape index (κ3) is 3.65. The average molecular weight is 339 g/mol. The Labute approximate surface area is 127 Å². The molecule has 2 nitrogen and oxygen atoms in total. The number of thiazole rings is 1. The van der Waals surface area contributed by atoms with Crippen molar-refractivity contribution in [3.8, 4) is 0 Å². The lowest BCUT2D eigenvalue weighted by Crippen LogP contribution is -2.41. The number of hydrogen-bond acceptors (Lipinski definition) is 3. The van der Waals surface area contributed by atoms with E-state index < -0.39 is 0 Å². The highest BCUT2D eigenvalue weighted by Crippen LogP contribution is 2.28. The normalized spacial score (nSPS) is 14.3. The second-order valence-electron chi connectivity index (χ2n) is 4.96. The first kappa shape index (κ1) is 14.7. The topological polar surface area (TPSA) is 24.9 Å². The van der Waals surface area contributed by atoms with Gasteiger partial charge in [-0.25, -0.2) is 4.98 Å². The highest BCUT2D eigenvalue weighted by Gasteiger charge is 2.28. The fourth-order valence-corrected chi connectivity index (χ4v) is 3.42. The molecule has 0 aliphatic rings. The molecule has 0 fully saturated rings. The molecule has 0 radical (unpaired) electrons. The van der Waals surface area contributed by atoms with E-state index in [9.17, 15) is 0 Å². The van der Waals surface area contributed by atoms with Crippen molar-refractivity contribution in [2.75, 3.05) is 6.54 Å². The van der Waals surface area contributed by atoms with Gasteiger partial charge in [0, 0.05) is 15.5 Å². The number of benzene rings is 1. The monoisotopic (exact) mass is 338 g/mol. The number of halogens is 1. The van der Waals surface area contributed by atoms with Gasteiger partial charge in [0.15, 0.2) is 0 Å². The van der Waals surface area contributed by atoms with Crippen LogP contribution in [0.2, 0.25) is 0 Å². The molecule has 4 heteroatoms. The summed E-state index contributed by atoms with van der Waals surface area (Å²) in [6.45, 7) is 7.36. The van der Waals surface area contributed by atoms with Crippen LogP contribution in [0.5, 0.6) is 0 Å². The Morgan fingerprint density at radius 2 is 2.00 bits per heavy atom. The zero-order valence-electron chi connectivity index (χ0n) is 11.5. The molecule has 1 atom stereocenters. The summed E-state index contributed by atoms with van der Waals surface area (Å²) >= 11 is 5.21. The molecular formula is C15H19BrN2S. The number of nitrogens with one attached hydrogen (secondary N) is 1. The van der Waals surface area contributed by atoms with Gasteiger partial charge in [-0.1, -0.05) is 35.0 Å². The second-order valence-corrected chi connectivity index (χ2v) is 6.73. The van der Waals surface area contributed by atoms with Crippen molar-refractivity contribution in [2.45, 2.75) is 32.7 Å². The summed E-state index contributed by atoms with van der Waals surface area (Å²) in [6.07, 6.45) is 0.946. The zero-order chi connectivity index (χ0) is 13.9. The van der Waals surface area contributed by atoms with Crippen molar-refractivity contribution >= 4 is 27.3 Å². The standard InChI is InChI=1S/C15H19BrN2S/c1-4-17-15(3,14-18-11(2)10-19-14)9-12-5-7-13(16)8-6-12/h5-8,10,17H,4,9H2,1-3H3. The van der Waals surface area contributed by atoms with Gasteiger partial charge in [-0.3, -0.25) is 0 Å². The van der Waals surface area contributed by atoms with E-state index in [1.807, 2.05) is 6.92 Å². The summed E-state index contributed by atoms with van der Waals surface area (Å²) in [7, 11) is 0. The zero-order valence-corrected chi connectivity index (χ0v) is 13.9. The summed E-state index contributed by atoms with van der Waals surface area (Å²) in [6, 6.07) is 8.52. The third-order valence-corrected chi connectivity index (χ3v) is 4.88. The number of likely N-dealkylation sites (N-methyl/N-ethyl adjacent to an activating group) is 1. The van der Waals surface area contributed by atoms with Crippen molar-refractivity contribution in [3.05, 3.63) is 50.4 Å². The number of nitrogens with zero attached hydrogens (tertiary/aromatic N) is 1. The fourth-order valence-electron chi connectivity index (χ4n) is 2.22. The number of hydrogen-bond donors (Lipinski definition) is 1. The Kier molecular flexibility index (Phi) is 4.76. The van der Waals surface area contributed by atoms with Gasteiger partial charge in [-0.05, 0) is 44.5 Å². The van der Waals surface area contributed by atoms with Crippen LogP contribution in [-0.2, 0) is 12.0 Å². The van der Waals surface area contributed by atoms with Crippen LogP contribution in [0, 0.1) is 6.92 Å². The molecule has 2 aromatic rings. The van der Waals surface area contributed by atoms with E-state index in [0.29, 0.717) is 0 Å². The van der Waals surface area contributed by atoms with Crippen molar-refractivity contribution in [1.29, 1.82) is 0 Å². The maximum absolute atomic E-state index is 4.66. The Hall–Kier alpha value is -0.710. The van der Waals surface area contributed by atoms with Gasteiger partial charge in [0.05, 0.1) is 5.54 Å². The summed E-state index contributed by atoms with van der Waals surface area (Å²) in [5.74, 6) is 0. The molecule has 102 valence electrons. The van der Waals surface area contributed by atoms with Crippen molar-refractivity contribution in [2.24, 2.45) is 0 Å². The van der Waals surface area contributed by atoms with Crippen molar-refractivity contribution in [3.63, 3.8) is 0 Å². The summed E-state index contributed by atoms with van der Waals surface area (Å²) in [5.41, 5.74) is 2.32. The molecule has 0 aliphatic carbocycles. The van der Waals surface area contributed by atoms with E-state index in [0.717, 1.165) is 28.1 Å². The van der Waals surface area contributed by atoms with Crippen LogP contribution in [-0.4, -0.2) is 11.5 Å². The number of rotatable bonds is 5. The third-order valence-electron chi connectivity index (χ3n) is 3.13. The van der Waals surface area contributed by atoms with Crippen molar-refractivity contribution in [1.82, 2.24) is 10.3 Å². The molecule has 0 saturated heterocycles. The molecule has 19 heavy (non-hydrogen) atoms. The molecule has 2 rings (SSSR count). The molecule has 1 heterocycles. The smallest absolute Gasteiger partial charge is 0.113 e. The highest BCUT2D eigenvalue weighted by molar-refractivity contribution is 9.10. The van der Waals surface area contributed by atoms with Crippen LogP contribution in [0.1, 0.15) is 30.1 Å². The molecule has 0 saturated carbocycles. The molecule has 1 aromatic heterocycles. The predicted octanol–water partition coefficient (Wildman–Crippen LogP) is 4.28. The first-order valence-corrected chi connectivity index (χ1v) is 8.13. The van der Waals surface area contributed by atoms with Crippen LogP contribution in [0.25, 0.3) is 0 Å². The summed E-state index contributed by atoms with van der Waals surface area (Å²) in [5, 5.41) is 6.87. The predicted molar refractivity (Wildman–Crippen MR) is 85.7 cm³/mol. The fraction of sp³-hybridized carbons (Fsp3) is 0.400. The van der Waals surface area contributed by atoms with Crippen LogP contribution >= 0.6 is 27.3 Å². The van der Waals surface area contributed by atoms with Gasteiger partial charge < -0.3 is 5.32 Å². The maximum atomic E-state index is 4.66. The minimum absolute atomic E-state index is 0.0957. The Morgan fingerprint density at radius 3 is 2.53 bits per heavy atom. The van der Waals surface area contributed by atoms with Crippen LogP contribution in [0.3, 0.4) is 0 Å². The minimum Gasteiger partial charge on any atom is -0.306 e. The lowest BCUT2D eigenvalue weighted by molar-refractivity contribution is 0.371. The van der Waals surface area contributed by atoms with Crippen LogP contribution in [0.4, 0.5) is 0 Å². The minimum atomic E-state index is -0.0957. The van der Waals surface area contributed by atoms with Crippen LogP contribution in [0.15, 0.2) is 34.1 Å². The summed E-state index contributed by atoms with van der Waals surface area (Å²) < 4.78 is 1.12. The summed E-state index contributed by atoms with van der Waals surface area (Å²) in [4.78, 5) is 4.66. The molecule has 1 unspecified atom stereocenters. The molecule has 0 amide bonds. The lowest BCUT2D eigenvalue weighted by Gasteiger charge is -2.28. The molecule has 1 aromatic carbocycles. The average Bonchev–Trinajstić information content (AvgIpc) is 2.80.